The second-order valence-electron chi connectivity index (χ2n) is 4.73. The normalized spacial score (nSPS) is 27.7. The predicted molar refractivity (Wildman–Crippen MR) is 67.7 cm³/mol. The Kier molecular flexibility index (Phi) is 2.78. The maximum absolute atomic E-state index is 5.90. The summed E-state index contributed by atoms with van der Waals surface area (Å²) in [6, 6.07) is 8.70. The number of ether oxygens (including phenoxy) is 1. The Morgan fingerprint density at radius 2 is 1.88 bits per heavy atom. The van der Waals surface area contributed by atoms with Gasteiger partial charge in [0, 0.05) is 10.4 Å². The van der Waals surface area contributed by atoms with E-state index in [-0.39, 0.29) is 5.60 Å². The minimum atomic E-state index is 0.138. The summed E-state index contributed by atoms with van der Waals surface area (Å²) >= 11 is 3.48. The smallest absolute Gasteiger partial charge is 0.0797 e. The highest BCUT2D eigenvalue weighted by molar-refractivity contribution is 9.10. The molecule has 2 heterocycles. The van der Waals surface area contributed by atoms with Crippen molar-refractivity contribution in [2.75, 3.05) is 19.7 Å². The number of rotatable bonds is 1. The predicted octanol–water partition coefficient (Wildman–Crippen LogP) is 2.69. The van der Waals surface area contributed by atoms with Crippen LogP contribution in [0.15, 0.2) is 28.7 Å². The van der Waals surface area contributed by atoms with Crippen molar-refractivity contribution in [3.63, 3.8) is 0 Å². The van der Waals surface area contributed by atoms with Crippen LogP contribution in [-0.2, 0) is 4.74 Å². The summed E-state index contributed by atoms with van der Waals surface area (Å²) in [7, 11) is 0. The third-order valence-corrected chi connectivity index (χ3v) is 4.42. The molecule has 2 fully saturated rings. The van der Waals surface area contributed by atoms with E-state index in [4.69, 9.17) is 4.74 Å². The number of piperidine rings is 1. The molecule has 2 aliphatic rings. The van der Waals surface area contributed by atoms with Gasteiger partial charge >= 0.3 is 0 Å². The molecule has 0 bridgehead atoms. The summed E-state index contributed by atoms with van der Waals surface area (Å²) in [6.07, 6.45) is 2.29. The average Bonchev–Trinajstić information content (AvgIpc) is 2.32. The third kappa shape index (κ3) is 1.71. The van der Waals surface area contributed by atoms with Crippen LogP contribution in [0, 0.1) is 0 Å². The molecular formula is C13H16BrNO. The molecule has 1 unspecified atom stereocenters. The van der Waals surface area contributed by atoms with E-state index < -0.39 is 0 Å². The first-order chi connectivity index (χ1) is 7.80. The van der Waals surface area contributed by atoms with Crippen molar-refractivity contribution >= 4 is 15.9 Å². The average molecular weight is 282 g/mol. The van der Waals surface area contributed by atoms with Crippen molar-refractivity contribution in [1.82, 2.24) is 5.32 Å². The van der Waals surface area contributed by atoms with Crippen LogP contribution < -0.4 is 5.32 Å². The van der Waals surface area contributed by atoms with Crippen molar-refractivity contribution < 1.29 is 4.74 Å². The van der Waals surface area contributed by atoms with Crippen molar-refractivity contribution in [2.24, 2.45) is 0 Å². The van der Waals surface area contributed by atoms with Crippen LogP contribution in [0.5, 0.6) is 0 Å². The maximum atomic E-state index is 5.90. The Labute approximate surface area is 105 Å². The highest BCUT2D eigenvalue weighted by Gasteiger charge is 2.49. The van der Waals surface area contributed by atoms with E-state index in [1.807, 2.05) is 0 Å². The second-order valence-corrected chi connectivity index (χ2v) is 5.65. The summed E-state index contributed by atoms with van der Waals surface area (Å²) in [5, 5.41) is 3.40. The molecule has 3 heteroatoms. The molecular weight excluding hydrogens is 266 g/mol. The molecule has 0 amide bonds. The van der Waals surface area contributed by atoms with Gasteiger partial charge in [-0.15, -0.1) is 0 Å². The van der Waals surface area contributed by atoms with E-state index in [9.17, 15) is 0 Å². The lowest BCUT2D eigenvalue weighted by Gasteiger charge is -2.52. The molecule has 2 aliphatic heterocycles. The molecule has 1 N–H and O–H groups in total. The minimum Gasteiger partial charge on any atom is -0.373 e. The summed E-state index contributed by atoms with van der Waals surface area (Å²) in [5.74, 6) is 0.600. The minimum absolute atomic E-state index is 0.138. The van der Waals surface area contributed by atoms with Gasteiger partial charge in [-0.1, -0.05) is 28.1 Å². The zero-order valence-corrected chi connectivity index (χ0v) is 10.8. The Bertz CT molecular complexity index is 370. The molecule has 1 atom stereocenters. The SMILES string of the molecule is Brc1ccc(C2COC23CCNCC3)cc1. The van der Waals surface area contributed by atoms with Crippen LogP contribution >= 0.6 is 15.9 Å². The van der Waals surface area contributed by atoms with E-state index in [2.05, 4.69) is 45.5 Å². The second kappa shape index (κ2) is 4.13. The van der Waals surface area contributed by atoms with Crippen molar-refractivity contribution in [2.45, 2.75) is 24.4 Å². The molecule has 0 saturated carbocycles. The number of benzene rings is 1. The molecule has 1 aromatic carbocycles. The Morgan fingerprint density at radius 3 is 2.44 bits per heavy atom. The molecule has 1 spiro atoms. The lowest BCUT2D eigenvalue weighted by Crippen LogP contribution is -2.57. The third-order valence-electron chi connectivity index (χ3n) is 3.89. The lowest BCUT2D eigenvalue weighted by molar-refractivity contribution is -0.183. The first kappa shape index (κ1) is 10.8. The number of hydrogen-bond donors (Lipinski definition) is 1. The molecule has 2 nitrogen and oxygen atoms in total. The Balaban J connectivity index is 1.82. The van der Waals surface area contributed by atoms with Gasteiger partial charge in [0.1, 0.15) is 0 Å². The molecule has 0 aromatic heterocycles. The Morgan fingerprint density at radius 1 is 1.19 bits per heavy atom. The summed E-state index contributed by atoms with van der Waals surface area (Å²) in [4.78, 5) is 0. The number of nitrogens with one attached hydrogen (secondary N) is 1. The van der Waals surface area contributed by atoms with Gasteiger partial charge in [-0.05, 0) is 43.6 Å². The monoisotopic (exact) mass is 281 g/mol. The molecule has 0 aliphatic carbocycles. The topological polar surface area (TPSA) is 21.3 Å². The van der Waals surface area contributed by atoms with Gasteiger partial charge in [0.25, 0.3) is 0 Å². The van der Waals surface area contributed by atoms with Crippen molar-refractivity contribution in [1.29, 1.82) is 0 Å². The lowest BCUT2D eigenvalue weighted by atomic mass is 9.72. The van der Waals surface area contributed by atoms with Gasteiger partial charge in [0.05, 0.1) is 12.2 Å². The van der Waals surface area contributed by atoms with Gasteiger partial charge in [-0.2, -0.15) is 0 Å². The zero-order chi connectivity index (χ0) is 11.0. The van der Waals surface area contributed by atoms with Gasteiger partial charge in [-0.25, -0.2) is 0 Å². The van der Waals surface area contributed by atoms with Crippen molar-refractivity contribution in [3.05, 3.63) is 34.3 Å². The summed E-state index contributed by atoms with van der Waals surface area (Å²) in [5.41, 5.74) is 1.57. The fraction of sp³-hybridized carbons (Fsp3) is 0.538. The van der Waals surface area contributed by atoms with E-state index >= 15 is 0 Å². The highest BCUT2D eigenvalue weighted by Crippen LogP contribution is 2.46. The van der Waals surface area contributed by atoms with Gasteiger partial charge in [0.2, 0.25) is 0 Å². The summed E-state index contributed by atoms with van der Waals surface area (Å²) < 4.78 is 7.05. The summed E-state index contributed by atoms with van der Waals surface area (Å²) in [6.45, 7) is 3.07. The van der Waals surface area contributed by atoms with E-state index in [1.165, 1.54) is 5.56 Å². The van der Waals surface area contributed by atoms with Crippen LogP contribution in [-0.4, -0.2) is 25.3 Å². The van der Waals surface area contributed by atoms with Crippen LogP contribution in [0.3, 0.4) is 0 Å². The number of hydrogen-bond acceptors (Lipinski definition) is 2. The highest BCUT2D eigenvalue weighted by atomic mass is 79.9. The van der Waals surface area contributed by atoms with E-state index in [1.54, 1.807) is 0 Å². The largest absolute Gasteiger partial charge is 0.373 e. The fourth-order valence-corrected chi connectivity index (χ4v) is 3.10. The van der Waals surface area contributed by atoms with Gasteiger partial charge < -0.3 is 10.1 Å². The first-order valence-corrected chi connectivity index (χ1v) is 6.70. The molecule has 86 valence electrons. The van der Waals surface area contributed by atoms with Crippen LogP contribution in [0.25, 0.3) is 0 Å². The molecule has 2 saturated heterocycles. The standard InChI is InChI=1S/C13H16BrNO/c14-11-3-1-10(2-4-11)12-9-16-13(12)5-7-15-8-6-13/h1-4,12,15H,5-9H2. The van der Waals surface area contributed by atoms with Crippen LogP contribution in [0.2, 0.25) is 0 Å². The number of halogens is 1. The Hall–Kier alpha value is -0.380. The van der Waals surface area contributed by atoms with E-state index in [0.717, 1.165) is 37.0 Å². The molecule has 16 heavy (non-hydrogen) atoms. The van der Waals surface area contributed by atoms with E-state index in [0.29, 0.717) is 5.92 Å². The van der Waals surface area contributed by atoms with Crippen LogP contribution in [0.1, 0.15) is 24.3 Å². The van der Waals surface area contributed by atoms with Crippen molar-refractivity contribution in [3.8, 4) is 0 Å². The molecule has 0 radical (unpaired) electrons. The molecule has 3 rings (SSSR count). The molecule has 1 aromatic rings. The van der Waals surface area contributed by atoms with Gasteiger partial charge in [0.15, 0.2) is 0 Å². The van der Waals surface area contributed by atoms with Gasteiger partial charge in [-0.3, -0.25) is 0 Å². The maximum Gasteiger partial charge on any atom is 0.0797 e. The first-order valence-electron chi connectivity index (χ1n) is 5.90. The van der Waals surface area contributed by atoms with Crippen LogP contribution in [0.4, 0.5) is 0 Å². The quantitative estimate of drug-likeness (QED) is 0.855. The fourth-order valence-electron chi connectivity index (χ4n) is 2.84. The zero-order valence-electron chi connectivity index (χ0n) is 9.21.